The van der Waals surface area contributed by atoms with E-state index >= 15 is 0 Å². The summed E-state index contributed by atoms with van der Waals surface area (Å²) in [6.07, 6.45) is -0.404. The van der Waals surface area contributed by atoms with Crippen molar-refractivity contribution in [2.24, 2.45) is 11.8 Å². The van der Waals surface area contributed by atoms with Crippen LogP contribution in [0.3, 0.4) is 0 Å². The van der Waals surface area contributed by atoms with E-state index in [1.165, 1.54) is 25.1 Å². The fourth-order valence-corrected chi connectivity index (χ4v) is 3.38. The number of Topliss-reactive ketones (excluding diaryl/α,β-unsaturated/α-hetero) is 1. The molecule has 2 rings (SSSR count). The zero-order chi connectivity index (χ0) is 18.1. The number of halogens is 1. The van der Waals surface area contributed by atoms with Crippen molar-refractivity contribution in [3.05, 3.63) is 35.6 Å². The molecule has 1 saturated carbocycles. The van der Waals surface area contributed by atoms with Crippen LogP contribution in [0.5, 0.6) is 0 Å². The largest absolute Gasteiger partial charge is 0.469 e. The van der Waals surface area contributed by atoms with Gasteiger partial charge in [0.15, 0.2) is 5.78 Å². The molecule has 0 aliphatic heterocycles. The van der Waals surface area contributed by atoms with Crippen molar-refractivity contribution >= 4 is 17.7 Å². The van der Waals surface area contributed by atoms with Crippen LogP contribution in [-0.4, -0.2) is 42.6 Å². The monoisotopic (exact) mass is 338 g/mol. The molecule has 0 heterocycles. The molecule has 0 amide bonds. The number of rotatable bonds is 3. The predicted molar refractivity (Wildman–Crippen MR) is 80.4 cm³/mol. The molecule has 24 heavy (non-hydrogen) atoms. The highest BCUT2D eigenvalue weighted by atomic mass is 19.1. The summed E-state index contributed by atoms with van der Waals surface area (Å²) in [6, 6.07) is 5.23. The summed E-state index contributed by atoms with van der Waals surface area (Å²) in [5, 5.41) is 10.6. The number of carbonyl (C=O) groups is 3. The molecule has 6 nitrogen and oxygen atoms in total. The van der Waals surface area contributed by atoms with Gasteiger partial charge >= 0.3 is 11.9 Å². The maximum absolute atomic E-state index is 13.7. The van der Waals surface area contributed by atoms with Crippen molar-refractivity contribution in [2.75, 3.05) is 14.2 Å². The molecular formula is C17H19FO6. The Kier molecular flexibility index (Phi) is 5.03. The van der Waals surface area contributed by atoms with Gasteiger partial charge in [-0.05, 0) is 24.6 Å². The van der Waals surface area contributed by atoms with Gasteiger partial charge < -0.3 is 14.6 Å². The molecule has 0 radical (unpaired) electrons. The molecule has 1 fully saturated rings. The Labute approximate surface area is 138 Å². The number of carbonyl (C=O) groups excluding carboxylic acids is 3. The van der Waals surface area contributed by atoms with Gasteiger partial charge in [-0.3, -0.25) is 14.4 Å². The van der Waals surface area contributed by atoms with Gasteiger partial charge in [0, 0.05) is 12.3 Å². The zero-order valence-corrected chi connectivity index (χ0v) is 13.6. The van der Waals surface area contributed by atoms with Crippen molar-refractivity contribution in [3.63, 3.8) is 0 Å². The van der Waals surface area contributed by atoms with E-state index in [4.69, 9.17) is 4.74 Å². The second kappa shape index (κ2) is 6.68. The number of benzene rings is 1. The third-order valence-corrected chi connectivity index (χ3v) is 4.41. The number of hydrogen-bond acceptors (Lipinski definition) is 6. The highest BCUT2D eigenvalue weighted by molar-refractivity contribution is 6.02. The molecule has 0 unspecified atom stereocenters. The Balaban J connectivity index is 2.65. The average Bonchev–Trinajstić information content (AvgIpc) is 2.52. The van der Waals surface area contributed by atoms with Crippen molar-refractivity contribution in [3.8, 4) is 0 Å². The first-order valence-corrected chi connectivity index (χ1v) is 7.39. The standard InChI is InChI=1S/C17H19FO6/c1-17(22)8-11(19)13(15(20)23-2)12(14(17)16(21)24-3)9-5-4-6-10(18)7-9/h4-7,12-14,22H,8H2,1-3H3/t12-,13-,14+,17+/m1/s1. The maximum Gasteiger partial charge on any atom is 0.316 e. The van der Waals surface area contributed by atoms with Crippen LogP contribution >= 0.6 is 0 Å². The van der Waals surface area contributed by atoms with Gasteiger partial charge in [-0.25, -0.2) is 4.39 Å². The minimum Gasteiger partial charge on any atom is -0.469 e. The van der Waals surface area contributed by atoms with Crippen LogP contribution in [0.15, 0.2) is 24.3 Å². The lowest BCUT2D eigenvalue weighted by Gasteiger charge is -2.43. The van der Waals surface area contributed by atoms with Crippen LogP contribution < -0.4 is 0 Å². The molecule has 1 aliphatic carbocycles. The van der Waals surface area contributed by atoms with Gasteiger partial charge in [0.1, 0.15) is 11.7 Å². The van der Waals surface area contributed by atoms with Crippen LogP contribution in [0.1, 0.15) is 24.8 Å². The quantitative estimate of drug-likeness (QED) is 0.658. The lowest BCUT2D eigenvalue weighted by Crippen LogP contribution is -2.55. The normalized spacial score (nSPS) is 29.9. The van der Waals surface area contributed by atoms with E-state index < -0.39 is 53.3 Å². The number of methoxy groups -OCH3 is 2. The Morgan fingerprint density at radius 1 is 1.25 bits per heavy atom. The zero-order valence-electron chi connectivity index (χ0n) is 13.6. The van der Waals surface area contributed by atoms with Crippen LogP contribution in [0.2, 0.25) is 0 Å². The Bertz CT molecular complexity index is 669. The SMILES string of the molecule is COC(=O)[C@@H]1C(=O)C[C@](C)(O)[C@H](C(=O)OC)[C@@H]1c1cccc(F)c1. The van der Waals surface area contributed by atoms with Crippen LogP contribution in [0.25, 0.3) is 0 Å². The Hall–Kier alpha value is -2.28. The van der Waals surface area contributed by atoms with Crippen LogP contribution in [0.4, 0.5) is 4.39 Å². The van der Waals surface area contributed by atoms with E-state index in [0.717, 1.165) is 20.3 Å². The van der Waals surface area contributed by atoms with E-state index in [9.17, 15) is 23.9 Å². The van der Waals surface area contributed by atoms with Gasteiger partial charge in [0.2, 0.25) is 0 Å². The molecule has 7 heteroatoms. The van der Waals surface area contributed by atoms with E-state index in [1.54, 1.807) is 0 Å². The Morgan fingerprint density at radius 3 is 2.42 bits per heavy atom. The van der Waals surface area contributed by atoms with Crippen molar-refractivity contribution in [2.45, 2.75) is 24.9 Å². The lowest BCUT2D eigenvalue weighted by atomic mass is 9.62. The summed E-state index contributed by atoms with van der Waals surface area (Å²) < 4.78 is 23.1. The number of hydrogen-bond donors (Lipinski definition) is 1. The molecule has 1 N–H and O–H groups in total. The van der Waals surface area contributed by atoms with Crippen LogP contribution in [0, 0.1) is 17.7 Å². The van der Waals surface area contributed by atoms with Gasteiger partial charge in [-0.1, -0.05) is 12.1 Å². The van der Waals surface area contributed by atoms with Gasteiger partial charge in [-0.2, -0.15) is 0 Å². The van der Waals surface area contributed by atoms with Gasteiger partial charge in [-0.15, -0.1) is 0 Å². The average molecular weight is 338 g/mol. The first kappa shape index (κ1) is 18.1. The molecule has 0 bridgehead atoms. The van der Waals surface area contributed by atoms with Crippen molar-refractivity contribution in [1.82, 2.24) is 0 Å². The lowest BCUT2D eigenvalue weighted by molar-refractivity contribution is -0.170. The molecule has 0 spiro atoms. The summed E-state index contributed by atoms with van der Waals surface area (Å²) in [5.41, 5.74) is -1.49. The molecular weight excluding hydrogens is 319 g/mol. The van der Waals surface area contributed by atoms with Crippen molar-refractivity contribution in [1.29, 1.82) is 0 Å². The molecule has 0 aromatic heterocycles. The summed E-state index contributed by atoms with van der Waals surface area (Å²) in [6.45, 7) is 1.33. The maximum atomic E-state index is 13.7. The molecule has 1 aromatic rings. The van der Waals surface area contributed by atoms with E-state index in [1.807, 2.05) is 0 Å². The number of aliphatic hydroxyl groups is 1. The van der Waals surface area contributed by atoms with Crippen LogP contribution in [-0.2, 0) is 23.9 Å². The first-order chi connectivity index (χ1) is 11.2. The third-order valence-electron chi connectivity index (χ3n) is 4.41. The topological polar surface area (TPSA) is 89.9 Å². The fourth-order valence-electron chi connectivity index (χ4n) is 3.38. The highest BCUT2D eigenvalue weighted by Gasteiger charge is 2.56. The van der Waals surface area contributed by atoms with Gasteiger partial charge in [0.05, 0.1) is 25.7 Å². The predicted octanol–water partition coefficient (Wildman–Crippen LogP) is 1.21. The molecule has 1 aliphatic rings. The highest BCUT2D eigenvalue weighted by Crippen LogP contribution is 2.46. The number of ether oxygens (including phenoxy) is 2. The second-order valence-electron chi connectivity index (χ2n) is 6.08. The number of ketones is 1. The van der Waals surface area contributed by atoms with E-state index in [-0.39, 0.29) is 5.56 Å². The minimum atomic E-state index is -1.73. The van der Waals surface area contributed by atoms with Crippen molar-refractivity contribution < 1.29 is 33.4 Å². The molecule has 0 saturated heterocycles. The number of esters is 2. The summed E-state index contributed by atoms with van der Waals surface area (Å²) in [5.74, 6) is -6.39. The summed E-state index contributed by atoms with van der Waals surface area (Å²) >= 11 is 0. The summed E-state index contributed by atoms with van der Waals surface area (Å²) in [7, 11) is 2.27. The first-order valence-electron chi connectivity index (χ1n) is 7.39. The second-order valence-corrected chi connectivity index (χ2v) is 6.08. The molecule has 1 aromatic carbocycles. The smallest absolute Gasteiger partial charge is 0.316 e. The molecule has 4 atom stereocenters. The van der Waals surface area contributed by atoms with E-state index in [2.05, 4.69) is 4.74 Å². The Morgan fingerprint density at radius 2 is 1.88 bits per heavy atom. The van der Waals surface area contributed by atoms with Gasteiger partial charge in [0.25, 0.3) is 0 Å². The summed E-state index contributed by atoms with van der Waals surface area (Å²) in [4.78, 5) is 36.8. The molecule has 130 valence electrons. The van der Waals surface area contributed by atoms with E-state index in [0.29, 0.717) is 0 Å². The third kappa shape index (κ3) is 3.17. The minimum absolute atomic E-state index is 0.245. The fraction of sp³-hybridized carbons (Fsp3) is 0.471.